The summed E-state index contributed by atoms with van der Waals surface area (Å²) < 4.78 is 10.4. The average Bonchev–Trinajstić information content (AvgIpc) is 2.43. The quantitative estimate of drug-likeness (QED) is 0.732. The SMILES string of the molecule is CC(=O)N[C@@H](Cc1ccc(OCC(=O)O)cc1)C(=O)OC(C)(C)C. The topological polar surface area (TPSA) is 102 Å². The van der Waals surface area contributed by atoms with Crippen LogP contribution in [0, 0.1) is 0 Å². The molecule has 0 aromatic heterocycles. The zero-order chi connectivity index (χ0) is 18.3. The Bertz CT molecular complexity index is 588. The Balaban J connectivity index is 2.77. The molecule has 0 unspecified atom stereocenters. The molecule has 132 valence electrons. The van der Waals surface area contributed by atoms with E-state index in [-0.39, 0.29) is 12.3 Å². The van der Waals surface area contributed by atoms with E-state index in [9.17, 15) is 14.4 Å². The van der Waals surface area contributed by atoms with Gasteiger partial charge in [-0.1, -0.05) is 12.1 Å². The van der Waals surface area contributed by atoms with Gasteiger partial charge < -0.3 is 19.9 Å². The lowest BCUT2D eigenvalue weighted by atomic mass is 10.1. The van der Waals surface area contributed by atoms with Gasteiger partial charge in [0.25, 0.3) is 0 Å². The Kier molecular flexibility index (Phi) is 6.76. The maximum Gasteiger partial charge on any atom is 0.341 e. The van der Waals surface area contributed by atoms with E-state index in [1.54, 1.807) is 45.0 Å². The normalized spacial score (nSPS) is 12.2. The first kappa shape index (κ1) is 19.5. The van der Waals surface area contributed by atoms with Crippen LogP contribution in [0.15, 0.2) is 24.3 Å². The highest BCUT2D eigenvalue weighted by Crippen LogP contribution is 2.15. The van der Waals surface area contributed by atoms with Crippen LogP contribution in [0.3, 0.4) is 0 Å². The number of aliphatic carboxylic acids is 1. The van der Waals surface area contributed by atoms with Gasteiger partial charge in [0.2, 0.25) is 5.91 Å². The number of carbonyl (C=O) groups is 3. The smallest absolute Gasteiger partial charge is 0.341 e. The molecule has 0 aliphatic carbocycles. The van der Waals surface area contributed by atoms with Crippen LogP contribution < -0.4 is 10.1 Å². The number of ether oxygens (including phenoxy) is 2. The maximum atomic E-state index is 12.2. The fraction of sp³-hybridized carbons (Fsp3) is 0.471. The van der Waals surface area contributed by atoms with Crippen LogP contribution in [-0.2, 0) is 25.5 Å². The monoisotopic (exact) mass is 337 g/mol. The van der Waals surface area contributed by atoms with Crippen LogP contribution in [-0.4, -0.2) is 41.2 Å². The molecule has 1 aromatic carbocycles. The summed E-state index contributed by atoms with van der Waals surface area (Å²) in [5, 5.41) is 11.2. The van der Waals surface area contributed by atoms with Gasteiger partial charge in [0, 0.05) is 13.3 Å². The number of carbonyl (C=O) groups excluding carboxylic acids is 2. The minimum Gasteiger partial charge on any atom is -0.482 e. The third-order valence-electron chi connectivity index (χ3n) is 2.79. The fourth-order valence-corrected chi connectivity index (χ4v) is 1.91. The summed E-state index contributed by atoms with van der Waals surface area (Å²) in [4.78, 5) is 34.0. The second-order valence-electron chi connectivity index (χ2n) is 6.32. The number of nitrogens with one attached hydrogen (secondary N) is 1. The highest BCUT2D eigenvalue weighted by Gasteiger charge is 2.26. The van der Waals surface area contributed by atoms with Crippen LogP contribution in [0.4, 0.5) is 0 Å². The molecule has 0 fully saturated rings. The molecule has 0 aliphatic heterocycles. The van der Waals surface area contributed by atoms with Crippen LogP contribution >= 0.6 is 0 Å². The largest absolute Gasteiger partial charge is 0.482 e. The predicted octanol–water partition coefficient (Wildman–Crippen LogP) is 1.54. The van der Waals surface area contributed by atoms with E-state index in [0.717, 1.165) is 5.56 Å². The first-order valence-corrected chi connectivity index (χ1v) is 7.50. The molecule has 1 atom stereocenters. The van der Waals surface area contributed by atoms with E-state index < -0.39 is 30.2 Å². The van der Waals surface area contributed by atoms with E-state index in [0.29, 0.717) is 5.75 Å². The number of hydrogen-bond donors (Lipinski definition) is 2. The maximum absolute atomic E-state index is 12.2. The molecular formula is C17H23NO6. The van der Waals surface area contributed by atoms with Crippen molar-refractivity contribution < 1.29 is 29.0 Å². The number of esters is 1. The van der Waals surface area contributed by atoms with Gasteiger partial charge in [-0.2, -0.15) is 0 Å². The molecule has 0 bridgehead atoms. The van der Waals surface area contributed by atoms with Crippen molar-refractivity contribution in [3.8, 4) is 5.75 Å². The summed E-state index contributed by atoms with van der Waals surface area (Å²) in [5.74, 6) is -1.49. The van der Waals surface area contributed by atoms with Crippen molar-refractivity contribution in [3.63, 3.8) is 0 Å². The molecule has 1 rings (SSSR count). The molecule has 0 aliphatic rings. The second-order valence-corrected chi connectivity index (χ2v) is 6.32. The van der Waals surface area contributed by atoms with E-state index in [2.05, 4.69) is 5.32 Å². The predicted molar refractivity (Wildman–Crippen MR) is 86.7 cm³/mol. The number of benzene rings is 1. The Morgan fingerprint density at radius 3 is 2.21 bits per heavy atom. The van der Waals surface area contributed by atoms with Crippen LogP contribution in [0.25, 0.3) is 0 Å². The summed E-state index contributed by atoms with van der Waals surface area (Å²) in [6, 6.07) is 5.83. The fourth-order valence-electron chi connectivity index (χ4n) is 1.91. The Hall–Kier alpha value is -2.57. The molecule has 1 aromatic rings. The summed E-state index contributed by atoms with van der Waals surface area (Å²) in [6.07, 6.45) is 0.258. The molecule has 0 heterocycles. The molecule has 0 saturated heterocycles. The third-order valence-corrected chi connectivity index (χ3v) is 2.79. The van der Waals surface area contributed by atoms with Crippen molar-refractivity contribution in [2.24, 2.45) is 0 Å². The van der Waals surface area contributed by atoms with E-state index in [1.807, 2.05) is 0 Å². The third kappa shape index (κ3) is 7.62. The Morgan fingerprint density at radius 1 is 1.17 bits per heavy atom. The van der Waals surface area contributed by atoms with Gasteiger partial charge in [-0.05, 0) is 38.5 Å². The van der Waals surface area contributed by atoms with Gasteiger partial charge in [0.1, 0.15) is 17.4 Å². The highest BCUT2D eigenvalue weighted by molar-refractivity contribution is 5.83. The van der Waals surface area contributed by atoms with Crippen molar-refractivity contribution in [2.75, 3.05) is 6.61 Å². The Morgan fingerprint density at radius 2 is 1.75 bits per heavy atom. The lowest BCUT2D eigenvalue weighted by Gasteiger charge is -2.24. The van der Waals surface area contributed by atoms with Crippen LogP contribution in [0.1, 0.15) is 33.3 Å². The summed E-state index contributed by atoms with van der Waals surface area (Å²) in [6.45, 7) is 6.17. The minimum absolute atomic E-state index is 0.258. The van der Waals surface area contributed by atoms with Gasteiger partial charge in [0.15, 0.2) is 6.61 Å². The zero-order valence-corrected chi connectivity index (χ0v) is 14.3. The molecule has 0 saturated carbocycles. The van der Waals surface area contributed by atoms with E-state index in [1.165, 1.54) is 6.92 Å². The van der Waals surface area contributed by atoms with Gasteiger partial charge in [-0.25, -0.2) is 9.59 Å². The number of carboxylic acid groups (broad SMARTS) is 1. The number of hydrogen-bond acceptors (Lipinski definition) is 5. The summed E-state index contributed by atoms with van der Waals surface area (Å²) >= 11 is 0. The molecule has 24 heavy (non-hydrogen) atoms. The van der Waals surface area contributed by atoms with Gasteiger partial charge in [-0.15, -0.1) is 0 Å². The number of carboxylic acids is 1. The zero-order valence-electron chi connectivity index (χ0n) is 14.3. The molecule has 7 heteroatoms. The van der Waals surface area contributed by atoms with Crippen LogP contribution in [0.5, 0.6) is 5.75 Å². The van der Waals surface area contributed by atoms with Crippen molar-refractivity contribution >= 4 is 17.8 Å². The van der Waals surface area contributed by atoms with Crippen molar-refractivity contribution in [2.45, 2.75) is 45.8 Å². The van der Waals surface area contributed by atoms with Crippen LogP contribution in [0.2, 0.25) is 0 Å². The molecule has 7 nitrogen and oxygen atoms in total. The number of amides is 1. The van der Waals surface area contributed by atoms with Crippen molar-refractivity contribution in [3.05, 3.63) is 29.8 Å². The van der Waals surface area contributed by atoms with Gasteiger partial charge in [-0.3, -0.25) is 4.79 Å². The average molecular weight is 337 g/mol. The summed E-state index contributed by atoms with van der Waals surface area (Å²) in [5.41, 5.74) is 0.129. The Labute approximate surface area is 141 Å². The van der Waals surface area contributed by atoms with Gasteiger partial charge >= 0.3 is 11.9 Å². The first-order valence-electron chi connectivity index (χ1n) is 7.50. The highest BCUT2D eigenvalue weighted by atomic mass is 16.6. The standard InChI is InChI=1S/C17H23NO6/c1-11(19)18-14(16(22)24-17(2,3)4)9-12-5-7-13(8-6-12)23-10-15(20)21/h5-8,14H,9-10H2,1-4H3,(H,18,19)(H,20,21)/t14-/m0/s1. The molecule has 2 N–H and O–H groups in total. The molecule has 1 amide bonds. The molecular weight excluding hydrogens is 314 g/mol. The molecule has 0 radical (unpaired) electrons. The second kappa shape index (κ2) is 8.33. The number of rotatable bonds is 7. The van der Waals surface area contributed by atoms with Gasteiger partial charge in [0.05, 0.1) is 0 Å². The lowest BCUT2D eigenvalue weighted by molar-refractivity contribution is -0.158. The summed E-state index contributed by atoms with van der Waals surface area (Å²) in [7, 11) is 0. The van der Waals surface area contributed by atoms with Crippen molar-refractivity contribution in [1.29, 1.82) is 0 Å². The first-order chi connectivity index (χ1) is 11.1. The van der Waals surface area contributed by atoms with E-state index in [4.69, 9.17) is 14.6 Å². The lowest BCUT2D eigenvalue weighted by Crippen LogP contribution is -2.44. The minimum atomic E-state index is -1.06. The molecule has 0 spiro atoms. The van der Waals surface area contributed by atoms with Crippen molar-refractivity contribution in [1.82, 2.24) is 5.32 Å². The van der Waals surface area contributed by atoms with E-state index >= 15 is 0 Å².